The van der Waals surface area contributed by atoms with Crippen LogP contribution in [0.3, 0.4) is 0 Å². The van der Waals surface area contributed by atoms with Crippen molar-refractivity contribution in [2.75, 3.05) is 13.2 Å². The smallest absolute Gasteiger partial charge is 0.130 e. The summed E-state index contributed by atoms with van der Waals surface area (Å²) in [6.07, 6.45) is 13.1. The van der Waals surface area contributed by atoms with Crippen LogP contribution >= 0.6 is 0 Å². The number of aldehydes is 1. The van der Waals surface area contributed by atoms with Crippen LogP contribution in [0.15, 0.2) is 11.6 Å². The number of fused-ring (bicyclic) bond motifs is 5. The molecule has 0 spiro atoms. The minimum absolute atomic E-state index is 0.0103. The predicted molar refractivity (Wildman–Crippen MR) is 126 cm³/mol. The van der Waals surface area contributed by atoms with Crippen molar-refractivity contribution in [1.29, 1.82) is 0 Å². The van der Waals surface area contributed by atoms with E-state index in [1.807, 2.05) is 0 Å². The van der Waals surface area contributed by atoms with E-state index in [4.69, 9.17) is 9.47 Å². The molecule has 0 N–H and O–H groups in total. The summed E-state index contributed by atoms with van der Waals surface area (Å²) >= 11 is 0. The minimum atomic E-state index is -0.279. The van der Waals surface area contributed by atoms with Gasteiger partial charge in [-0.3, -0.25) is 0 Å². The van der Waals surface area contributed by atoms with Gasteiger partial charge in [-0.1, -0.05) is 46.3 Å². The second-order valence-corrected chi connectivity index (χ2v) is 11.8. The van der Waals surface area contributed by atoms with Gasteiger partial charge in [0.25, 0.3) is 0 Å². The summed E-state index contributed by atoms with van der Waals surface area (Å²) in [5, 5.41) is 0. The lowest BCUT2D eigenvalue weighted by molar-refractivity contribution is -0.162. The first kappa shape index (κ1) is 23.5. The third-order valence-electron chi connectivity index (χ3n) is 10.4. The third-order valence-corrected chi connectivity index (χ3v) is 10.4. The Morgan fingerprint density at radius 2 is 1.74 bits per heavy atom. The second-order valence-electron chi connectivity index (χ2n) is 11.8. The van der Waals surface area contributed by atoms with Crippen molar-refractivity contribution in [3.8, 4) is 0 Å². The van der Waals surface area contributed by atoms with Crippen molar-refractivity contribution >= 4 is 6.29 Å². The maximum atomic E-state index is 13.0. The number of rotatable bonds is 7. The van der Waals surface area contributed by atoms with Crippen molar-refractivity contribution in [3.05, 3.63) is 11.6 Å². The zero-order valence-corrected chi connectivity index (χ0v) is 20.9. The molecule has 4 aliphatic carbocycles. The zero-order chi connectivity index (χ0) is 22.4. The maximum absolute atomic E-state index is 13.0. The maximum Gasteiger partial charge on any atom is 0.130 e. The number of hydrogen-bond acceptors (Lipinski definition) is 3. The van der Waals surface area contributed by atoms with Crippen LogP contribution in [0.5, 0.6) is 0 Å². The monoisotopic (exact) mass is 430 g/mol. The second kappa shape index (κ2) is 8.60. The number of allylic oxidation sites excluding steroid dienone is 1. The quantitative estimate of drug-likeness (QED) is 0.337. The molecule has 3 saturated carbocycles. The first-order valence-electron chi connectivity index (χ1n) is 13.2. The first-order valence-corrected chi connectivity index (χ1v) is 13.2. The molecule has 3 nitrogen and oxygen atoms in total. The Balaban J connectivity index is 1.67. The molecule has 4 aliphatic rings. The summed E-state index contributed by atoms with van der Waals surface area (Å²) < 4.78 is 12.7. The molecule has 3 fully saturated rings. The Hall–Kier alpha value is -0.670. The standard InChI is InChI=1S/C28H46O3/c1-7-13-30-21-16-20(4)28(18-29)24-9-11-26(5)23(10-12-27(26,6)31-14-8-2)22(24)15-19(3)25(28)17-21/h17-24H,7-16H2,1-6H3/t19?,20?,21-,22-,23-,24-,26-,27-,28+/m0/s1. The van der Waals surface area contributed by atoms with E-state index in [0.717, 1.165) is 38.9 Å². The molecule has 176 valence electrons. The summed E-state index contributed by atoms with van der Waals surface area (Å²) in [7, 11) is 0. The molecule has 0 heterocycles. The average molecular weight is 431 g/mol. The van der Waals surface area contributed by atoms with Gasteiger partial charge in [0.2, 0.25) is 0 Å². The molecule has 0 amide bonds. The molecular weight excluding hydrogens is 384 g/mol. The summed E-state index contributed by atoms with van der Waals surface area (Å²) in [4.78, 5) is 13.0. The first-order chi connectivity index (χ1) is 14.8. The van der Waals surface area contributed by atoms with Crippen LogP contribution in [-0.4, -0.2) is 31.2 Å². The van der Waals surface area contributed by atoms with E-state index in [1.54, 1.807) is 0 Å². The normalized spacial score (nSPS) is 49.0. The number of carbonyl (C=O) groups excluding carboxylic acids is 1. The zero-order valence-electron chi connectivity index (χ0n) is 20.9. The van der Waals surface area contributed by atoms with Crippen LogP contribution in [0, 0.1) is 40.4 Å². The molecule has 31 heavy (non-hydrogen) atoms. The number of hydrogen-bond donors (Lipinski definition) is 0. The van der Waals surface area contributed by atoms with Gasteiger partial charge in [0, 0.05) is 13.2 Å². The van der Waals surface area contributed by atoms with Crippen molar-refractivity contribution in [2.45, 2.75) is 105 Å². The Morgan fingerprint density at radius 3 is 2.42 bits per heavy atom. The number of carbonyl (C=O) groups is 1. The van der Waals surface area contributed by atoms with Crippen molar-refractivity contribution in [1.82, 2.24) is 0 Å². The van der Waals surface area contributed by atoms with Crippen LogP contribution in [-0.2, 0) is 14.3 Å². The van der Waals surface area contributed by atoms with E-state index in [2.05, 4.69) is 47.6 Å². The molecule has 0 bridgehead atoms. The summed E-state index contributed by atoms with van der Waals surface area (Å²) in [5.41, 5.74) is 1.36. The minimum Gasteiger partial charge on any atom is -0.375 e. The highest BCUT2D eigenvalue weighted by atomic mass is 16.5. The van der Waals surface area contributed by atoms with E-state index in [-0.39, 0.29) is 22.5 Å². The lowest BCUT2D eigenvalue weighted by Gasteiger charge is -2.61. The van der Waals surface area contributed by atoms with Gasteiger partial charge >= 0.3 is 0 Å². The summed E-state index contributed by atoms with van der Waals surface area (Å²) in [5.74, 6) is 2.62. The summed E-state index contributed by atoms with van der Waals surface area (Å²) in [6.45, 7) is 15.7. The Bertz CT molecular complexity index is 700. The topological polar surface area (TPSA) is 35.5 Å². The van der Waals surface area contributed by atoms with Crippen molar-refractivity contribution in [2.24, 2.45) is 40.4 Å². The lowest BCUT2D eigenvalue weighted by Crippen LogP contribution is -2.59. The van der Waals surface area contributed by atoms with E-state index in [1.165, 1.54) is 37.5 Å². The van der Waals surface area contributed by atoms with Crippen LogP contribution in [0.25, 0.3) is 0 Å². The van der Waals surface area contributed by atoms with Gasteiger partial charge in [0.05, 0.1) is 17.1 Å². The molecule has 2 unspecified atom stereocenters. The Kier molecular flexibility index (Phi) is 6.51. The highest BCUT2D eigenvalue weighted by Crippen LogP contribution is 2.69. The van der Waals surface area contributed by atoms with Crippen LogP contribution in [0.1, 0.15) is 92.9 Å². The largest absolute Gasteiger partial charge is 0.375 e. The highest BCUT2D eigenvalue weighted by Gasteiger charge is 2.66. The third kappa shape index (κ3) is 3.39. The van der Waals surface area contributed by atoms with E-state index < -0.39 is 0 Å². The fraction of sp³-hybridized carbons (Fsp3) is 0.893. The molecular formula is C28H46O3. The van der Waals surface area contributed by atoms with Gasteiger partial charge in [-0.05, 0) is 93.3 Å². The van der Waals surface area contributed by atoms with Crippen LogP contribution in [0.2, 0.25) is 0 Å². The van der Waals surface area contributed by atoms with E-state index in [9.17, 15) is 4.79 Å². The van der Waals surface area contributed by atoms with Gasteiger partial charge in [-0.15, -0.1) is 0 Å². The van der Waals surface area contributed by atoms with Gasteiger partial charge in [-0.25, -0.2) is 0 Å². The molecule has 0 aromatic rings. The van der Waals surface area contributed by atoms with E-state index in [0.29, 0.717) is 29.6 Å². The predicted octanol–water partition coefficient (Wildman–Crippen LogP) is 6.60. The molecule has 0 aliphatic heterocycles. The molecule has 0 aromatic heterocycles. The van der Waals surface area contributed by atoms with Gasteiger partial charge in [0.15, 0.2) is 0 Å². The lowest BCUT2D eigenvalue weighted by atomic mass is 9.43. The Labute approximate surface area is 190 Å². The molecule has 0 radical (unpaired) electrons. The fourth-order valence-electron chi connectivity index (χ4n) is 8.60. The number of ether oxygens (including phenoxy) is 2. The summed E-state index contributed by atoms with van der Waals surface area (Å²) in [6, 6.07) is 0. The molecule has 9 atom stereocenters. The van der Waals surface area contributed by atoms with Crippen molar-refractivity contribution in [3.63, 3.8) is 0 Å². The van der Waals surface area contributed by atoms with Crippen LogP contribution in [0.4, 0.5) is 0 Å². The Morgan fingerprint density at radius 1 is 1.03 bits per heavy atom. The van der Waals surface area contributed by atoms with E-state index >= 15 is 0 Å². The van der Waals surface area contributed by atoms with Crippen LogP contribution < -0.4 is 0 Å². The van der Waals surface area contributed by atoms with Crippen molar-refractivity contribution < 1.29 is 14.3 Å². The molecule has 3 heteroatoms. The SMILES string of the molecule is CCCO[C@@H]1C=C2C(C)C[C@H]3[C@@H]4CC[C@](C)(OCCC)[C@@]4(C)CC[C@@H]3[C@@]2(C=O)C(C)C1. The van der Waals surface area contributed by atoms with Gasteiger partial charge < -0.3 is 14.3 Å². The molecule has 0 saturated heterocycles. The van der Waals surface area contributed by atoms with Gasteiger partial charge in [-0.2, -0.15) is 0 Å². The highest BCUT2D eigenvalue weighted by molar-refractivity contribution is 5.68. The average Bonchev–Trinajstić information content (AvgIpc) is 3.02. The van der Waals surface area contributed by atoms with Gasteiger partial charge in [0.1, 0.15) is 6.29 Å². The fourth-order valence-corrected chi connectivity index (χ4v) is 8.60. The molecule has 4 rings (SSSR count). The molecule has 0 aromatic carbocycles.